The molecule has 1 aliphatic heterocycles. The normalized spacial score (nSPS) is 13.9. The molecule has 8 heteroatoms. The molecule has 3 aromatic rings. The largest absolute Gasteiger partial charge is 0.496 e. The second-order valence-electron chi connectivity index (χ2n) is 7.70. The lowest BCUT2D eigenvalue weighted by Crippen LogP contribution is -2.31. The molecule has 0 radical (unpaired) electrons. The van der Waals surface area contributed by atoms with E-state index in [0.29, 0.717) is 34.7 Å². The number of nitrogens with one attached hydrogen (secondary N) is 2. The summed E-state index contributed by atoms with van der Waals surface area (Å²) in [6.07, 6.45) is -0.119. The van der Waals surface area contributed by atoms with E-state index in [-0.39, 0.29) is 23.9 Å². The van der Waals surface area contributed by atoms with Gasteiger partial charge in [0.1, 0.15) is 17.1 Å². The van der Waals surface area contributed by atoms with Crippen molar-refractivity contribution in [2.45, 2.75) is 19.1 Å². The zero-order valence-electron chi connectivity index (χ0n) is 18.8. The van der Waals surface area contributed by atoms with Crippen molar-refractivity contribution in [3.63, 3.8) is 0 Å². The maximum atomic E-state index is 12.7. The number of ether oxygens (including phenoxy) is 3. The van der Waals surface area contributed by atoms with E-state index >= 15 is 0 Å². The van der Waals surface area contributed by atoms with Gasteiger partial charge in [-0.05, 0) is 47.5 Å². The predicted octanol–water partition coefficient (Wildman–Crippen LogP) is 3.35. The maximum Gasteiger partial charge on any atom is 0.341 e. The molecule has 0 saturated carbocycles. The van der Waals surface area contributed by atoms with Crippen LogP contribution in [0.25, 0.3) is 0 Å². The molecule has 1 unspecified atom stereocenters. The van der Waals surface area contributed by atoms with Gasteiger partial charge in [0.2, 0.25) is 0 Å². The highest BCUT2D eigenvalue weighted by Gasteiger charge is 2.28. The van der Waals surface area contributed by atoms with Gasteiger partial charge in [-0.25, -0.2) is 4.79 Å². The zero-order chi connectivity index (χ0) is 24.1. The number of amides is 2. The molecular formula is C26H24N2O6. The summed E-state index contributed by atoms with van der Waals surface area (Å²) in [5.41, 5.74) is 2.85. The van der Waals surface area contributed by atoms with Crippen LogP contribution in [0.15, 0.2) is 66.7 Å². The van der Waals surface area contributed by atoms with E-state index in [4.69, 9.17) is 14.2 Å². The Balaban J connectivity index is 1.38. The van der Waals surface area contributed by atoms with Crippen LogP contribution in [0, 0.1) is 0 Å². The summed E-state index contributed by atoms with van der Waals surface area (Å²) in [7, 11) is 2.76. The standard InChI is InChI=1S/C26H24N2O6/c1-32-22-11-10-16(12-20(22)26(31)33-2)15-27-24(29)18-7-5-8-19(13-18)28-25(30)23-14-17-6-3-4-9-21(17)34-23/h3-13,23H,14-15H2,1-2H3,(H,27,29)(H,28,30). The van der Waals surface area contributed by atoms with Crippen LogP contribution in [0.1, 0.15) is 31.8 Å². The van der Waals surface area contributed by atoms with Gasteiger partial charge in [0.05, 0.1) is 14.2 Å². The second kappa shape index (κ2) is 10.1. The number of esters is 1. The molecular weight excluding hydrogens is 436 g/mol. The Morgan fingerprint density at radius 2 is 1.82 bits per heavy atom. The summed E-state index contributed by atoms with van der Waals surface area (Å²) in [4.78, 5) is 37.3. The molecule has 0 bridgehead atoms. The van der Waals surface area contributed by atoms with Crippen LogP contribution in [0.5, 0.6) is 11.5 Å². The number of para-hydroxylation sites is 1. The van der Waals surface area contributed by atoms with E-state index in [9.17, 15) is 14.4 Å². The molecule has 0 fully saturated rings. The van der Waals surface area contributed by atoms with Crippen LogP contribution in [0.2, 0.25) is 0 Å². The van der Waals surface area contributed by atoms with Gasteiger partial charge in [0, 0.05) is 24.2 Å². The smallest absolute Gasteiger partial charge is 0.341 e. The molecule has 1 heterocycles. The first kappa shape index (κ1) is 22.8. The van der Waals surface area contributed by atoms with E-state index in [1.165, 1.54) is 14.2 Å². The van der Waals surface area contributed by atoms with Crippen molar-refractivity contribution in [2.24, 2.45) is 0 Å². The summed E-state index contributed by atoms with van der Waals surface area (Å²) in [5, 5.41) is 5.63. The fourth-order valence-electron chi connectivity index (χ4n) is 3.71. The topological polar surface area (TPSA) is 103 Å². The molecule has 174 valence electrons. The number of anilines is 1. The summed E-state index contributed by atoms with van der Waals surface area (Å²) in [6, 6.07) is 19.2. The lowest BCUT2D eigenvalue weighted by atomic mass is 10.1. The third kappa shape index (κ3) is 5.01. The predicted molar refractivity (Wildman–Crippen MR) is 125 cm³/mol. The molecule has 0 aromatic heterocycles. The van der Waals surface area contributed by atoms with Crippen molar-refractivity contribution in [1.29, 1.82) is 0 Å². The number of hydrogen-bond donors (Lipinski definition) is 2. The number of rotatable bonds is 7. The van der Waals surface area contributed by atoms with E-state index in [2.05, 4.69) is 10.6 Å². The number of hydrogen-bond acceptors (Lipinski definition) is 6. The Kier molecular flexibility index (Phi) is 6.77. The molecule has 1 aliphatic rings. The zero-order valence-corrected chi connectivity index (χ0v) is 18.8. The number of carbonyl (C=O) groups is 3. The third-order valence-electron chi connectivity index (χ3n) is 5.45. The first-order valence-corrected chi connectivity index (χ1v) is 10.7. The van der Waals surface area contributed by atoms with Crippen LogP contribution >= 0.6 is 0 Å². The quantitative estimate of drug-likeness (QED) is 0.524. The van der Waals surface area contributed by atoms with Gasteiger partial charge in [-0.1, -0.05) is 30.3 Å². The van der Waals surface area contributed by atoms with Crippen LogP contribution in [-0.4, -0.2) is 38.1 Å². The third-order valence-corrected chi connectivity index (χ3v) is 5.45. The van der Waals surface area contributed by atoms with Crippen molar-refractivity contribution < 1.29 is 28.6 Å². The first-order valence-electron chi connectivity index (χ1n) is 10.7. The molecule has 0 aliphatic carbocycles. The number of benzene rings is 3. The SMILES string of the molecule is COC(=O)c1cc(CNC(=O)c2cccc(NC(=O)C3Cc4ccccc4O3)c2)ccc1OC. The summed E-state index contributed by atoms with van der Waals surface area (Å²) in [6.45, 7) is 0.192. The second-order valence-corrected chi connectivity index (χ2v) is 7.70. The Hall–Kier alpha value is -4.33. The van der Waals surface area contributed by atoms with E-state index < -0.39 is 12.1 Å². The van der Waals surface area contributed by atoms with E-state index in [1.54, 1.807) is 42.5 Å². The minimum Gasteiger partial charge on any atom is -0.496 e. The highest BCUT2D eigenvalue weighted by Crippen LogP contribution is 2.28. The molecule has 3 aromatic carbocycles. The minimum atomic E-state index is -0.617. The van der Waals surface area contributed by atoms with Crippen molar-refractivity contribution in [3.8, 4) is 11.5 Å². The van der Waals surface area contributed by atoms with Crippen LogP contribution in [0.3, 0.4) is 0 Å². The molecule has 2 N–H and O–H groups in total. The molecule has 1 atom stereocenters. The average molecular weight is 460 g/mol. The van der Waals surface area contributed by atoms with Gasteiger partial charge in [-0.2, -0.15) is 0 Å². The summed E-state index contributed by atoms with van der Waals surface area (Å²) < 4.78 is 15.7. The molecule has 8 nitrogen and oxygen atoms in total. The molecule has 34 heavy (non-hydrogen) atoms. The first-order chi connectivity index (χ1) is 16.5. The monoisotopic (exact) mass is 460 g/mol. The fourth-order valence-corrected chi connectivity index (χ4v) is 3.71. The van der Waals surface area contributed by atoms with Gasteiger partial charge in [-0.3, -0.25) is 9.59 Å². The summed E-state index contributed by atoms with van der Waals surface area (Å²) >= 11 is 0. The lowest BCUT2D eigenvalue weighted by molar-refractivity contribution is -0.122. The fraction of sp³-hybridized carbons (Fsp3) is 0.192. The Morgan fingerprint density at radius 1 is 1.00 bits per heavy atom. The number of methoxy groups -OCH3 is 2. The maximum absolute atomic E-state index is 12.7. The highest BCUT2D eigenvalue weighted by molar-refractivity contribution is 5.98. The van der Waals surface area contributed by atoms with Gasteiger partial charge >= 0.3 is 5.97 Å². The average Bonchev–Trinajstić information content (AvgIpc) is 3.31. The Labute approximate surface area is 196 Å². The molecule has 4 rings (SSSR count). The molecule has 0 saturated heterocycles. The van der Waals surface area contributed by atoms with Crippen molar-refractivity contribution in [3.05, 3.63) is 89.0 Å². The number of carbonyl (C=O) groups excluding carboxylic acids is 3. The van der Waals surface area contributed by atoms with E-state index in [0.717, 1.165) is 5.56 Å². The minimum absolute atomic E-state index is 0.192. The summed E-state index contributed by atoms with van der Waals surface area (Å²) in [5.74, 6) is -0.0226. The van der Waals surface area contributed by atoms with Gasteiger partial charge in [0.25, 0.3) is 11.8 Å². The van der Waals surface area contributed by atoms with Gasteiger partial charge in [-0.15, -0.1) is 0 Å². The van der Waals surface area contributed by atoms with Gasteiger partial charge < -0.3 is 24.8 Å². The molecule has 2 amide bonds. The molecule has 0 spiro atoms. The van der Waals surface area contributed by atoms with Gasteiger partial charge in [0.15, 0.2) is 6.10 Å². The van der Waals surface area contributed by atoms with Crippen molar-refractivity contribution in [2.75, 3.05) is 19.5 Å². The lowest BCUT2D eigenvalue weighted by Gasteiger charge is -2.13. The van der Waals surface area contributed by atoms with Crippen molar-refractivity contribution in [1.82, 2.24) is 5.32 Å². The van der Waals surface area contributed by atoms with Crippen LogP contribution < -0.4 is 20.1 Å². The van der Waals surface area contributed by atoms with Crippen LogP contribution in [-0.2, 0) is 22.5 Å². The Bertz CT molecular complexity index is 1210. The Morgan fingerprint density at radius 3 is 2.59 bits per heavy atom. The number of fused-ring (bicyclic) bond motifs is 1. The van der Waals surface area contributed by atoms with Crippen molar-refractivity contribution >= 4 is 23.5 Å². The van der Waals surface area contributed by atoms with Crippen LogP contribution in [0.4, 0.5) is 5.69 Å². The van der Waals surface area contributed by atoms with E-state index in [1.807, 2.05) is 24.3 Å². The highest BCUT2D eigenvalue weighted by atomic mass is 16.5.